The maximum absolute atomic E-state index is 12.4. The number of aromatic nitrogens is 2. The Morgan fingerprint density at radius 1 is 1.00 bits per heavy atom. The van der Waals surface area contributed by atoms with Gasteiger partial charge in [-0.2, -0.15) is 21.6 Å². The number of alkyl halides is 3. The number of hydrogen-bond donors (Lipinski definition) is 2. The summed E-state index contributed by atoms with van der Waals surface area (Å²) in [6.07, 6.45) is -2.87. The molecule has 0 amide bonds. The van der Waals surface area contributed by atoms with Gasteiger partial charge in [0.05, 0.1) is 17.3 Å². The van der Waals surface area contributed by atoms with Crippen LogP contribution in [-0.4, -0.2) is 36.0 Å². The van der Waals surface area contributed by atoms with Crippen LogP contribution in [0.5, 0.6) is 11.6 Å². The van der Waals surface area contributed by atoms with E-state index in [9.17, 15) is 21.6 Å². The average molecular weight is 467 g/mol. The van der Waals surface area contributed by atoms with Crippen molar-refractivity contribution < 1.29 is 30.9 Å². The van der Waals surface area contributed by atoms with E-state index in [1.54, 1.807) is 24.3 Å². The Labute approximate surface area is 183 Å². The van der Waals surface area contributed by atoms with Gasteiger partial charge in [-0.05, 0) is 36.8 Å². The van der Waals surface area contributed by atoms with E-state index >= 15 is 0 Å². The summed E-state index contributed by atoms with van der Waals surface area (Å²) in [5.74, 6) is 1.06. The van der Waals surface area contributed by atoms with Crippen LogP contribution in [-0.2, 0) is 16.3 Å². The molecule has 4 rings (SSSR count). The van der Waals surface area contributed by atoms with E-state index < -0.39 is 22.0 Å². The maximum Gasteiger partial charge on any atom is 0.434 e. The lowest BCUT2D eigenvalue weighted by molar-refractivity contribution is -0.141. The third-order valence-electron chi connectivity index (χ3n) is 4.59. The van der Waals surface area contributed by atoms with Gasteiger partial charge in [-0.25, -0.2) is 9.97 Å². The lowest BCUT2D eigenvalue weighted by Gasteiger charge is -2.27. The molecule has 0 spiro atoms. The van der Waals surface area contributed by atoms with Gasteiger partial charge in [-0.1, -0.05) is 29.8 Å². The van der Waals surface area contributed by atoms with Crippen LogP contribution in [0, 0.1) is 6.92 Å². The van der Waals surface area contributed by atoms with Crippen molar-refractivity contribution >= 4 is 10.1 Å². The SMILES string of the molecule is Cc1ccc(S(=O)(=O)O)cc1.FC(F)(F)c1cnc(Oc2ccc(C3CNC3)cc2)cn1. The van der Waals surface area contributed by atoms with Gasteiger partial charge in [0, 0.05) is 19.0 Å². The Morgan fingerprint density at radius 3 is 2.06 bits per heavy atom. The van der Waals surface area contributed by atoms with Crippen molar-refractivity contribution in [2.75, 3.05) is 13.1 Å². The Morgan fingerprint density at radius 2 is 1.62 bits per heavy atom. The van der Waals surface area contributed by atoms with E-state index in [-0.39, 0.29) is 10.8 Å². The van der Waals surface area contributed by atoms with Gasteiger partial charge in [0.15, 0.2) is 5.69 Å². The number of benzene rings is 2. The number of ether oxygens (including phenoxy) is 1. The molecule has 2 heterocycles. The zero-order valence-electron chi connectivity index (χ0n) is 16.9. The molecule has 11 heteroatoms. The van der Waals surface area contributed by atoms with E-state index in [1.807, 2.05) is 19.1 Å². The summed E-state index contributed by atoms with van der Waals surface area (Å²) in [5.41, 5.74) is 1.12. The van der Waals surface area contributed by atoms with Crippen LogP contribution in [0.2, 0.25) is 0 Å². The fourth-order valence-electron chi connectivity index (χ4n) is 2.68. The zero-order valence-corrected chi connectivity index (χ0v) is 17.7. The van der Waals surface area contributed by atoms with Crippen molar-refractivity contribution in [2.45, 2.75) is 23.9 Å². The molecule has 1 aliphatic rings. The minimum absolute atomic E-state index is 0.0288. The van der Waals surface area contributed by atoms with Crippen molar-refractivity contribution in [3.63, 3.8) is 0 Å². The first kappa shape index (κ1) is 23.6. The third kappa shape index (κ3) is 6.49. The van der Waals surface area contributed by atoms with Crippen molar-refractivity contribution in [2.24, 2.45) is 0 Å². The number of hydrogen-bond acceptors (Lipinski definition) is 6. The highest BCUT2D eigenvalue weighted by molar-refractivity contribution is 7.85. The predicted octanol–water partition coefficient (Wildman–Crippen LogP) is 4.22. The van der Waals surface area contributed by atoms with Crippen LogP contribution in [0.1, 0.15) is 22.7 Å². The van der Waals surface area contributed by atoms with Crippen molar-refractivity contribution in [1.29, 1.82) is 0 Å². The Hall–Kier alpha value is -3.02. The molecule has 7 nitrogen and oxygen atoms in total. The molecule has 1 saturated heterocycles. The molecule has 3 aromatic rings. The Balaban J connectivity index is 0.000000222. The van der Waals surface area contributed by atoms with Crippen LogP contribution in [0.25, 0.3) is 0 Å². The highest BCUT2D eigenvalue weighted by atomic mass is 32.2. The summed E-state index contributed by atoms with van der Waals surface area (Å²) in [6.45, 7) is 3.77. The average Bonchev–Trinajstić information content (AvgIpc) is 2.68. The molecule has 2 N–H and O–H groups in total. The summed E-state index contributed by atoms with van der Waals surface area (Å²) in [5, 5.41) is 3.19. The summed E-state index contributed by atoms with van der Waals surface area (Å²) in [4.78, 5) is 6.84. The Kier molecular flexibility index (Phi) is 7.12. The molecular formula is C21H20F3N3O4S. The molecular weight excluding hydrogens is 447 g/mol. The second-order valence-electron chi connectivity index (χ2n) is 7.05. The molecule has 2 aromatic carbocycles. The van der Waals surface area contributed by atoms with Crippen molar-refractivity contribution in [3.8, 4) is 11.6 Å². The minimum Gasteiger partial charge on any atom is -0.438 e. The number of halogens is 3. The van der Waals surface area contributed by atoms with Gasteiger partial charge in [0.2, 0.25) is 5.88 Å². The Bertz CT molecular complexity index is 1130. The molecule has 32 heavy (non-hydrogen) atoms. The van der Waals surface area contributed by atoms with Crippen molar-refractivity contribution in [3.05, 3.63) is 77.7 Å². The topological polar surface area (TPSA) is 101 Å². The smallest absolute Gasteiger partial charge is 0.434 e. The van der Waals surface area contributed by atoms with Crippen LogP contribution in [0.4, 0.5) is 13.2 Å². The van der Waals surface area contributed by atoms with Crippen LogP contribution >= 0.6 is 0 Å². The maximum atomic E-state index is 12.4. The van der Waals surface area contributed by atoms with Crippen LogP contribution in [0.3, 0.4) is 0 Å². The summed E-state index contributed by atoms with van der Waals surface area (Å²) in [7, 11) is -4.02. The zero-order chi connectivity index (χ0) is 23.4. The van der Waals surface area contributed by atoms with Gasteiger partial charge < -0.3 is 10.1 Å². The molecule has 0 saturated carbocycles. The second-order valence-corrected chi connectivity index (χ2v) is 8.47. The van der Waals surface area contributed by atoms with Gasteiger partial charge in [-0.3, -0.25) is 4.55 Å². The predicted molar refractivity (Wildman–Crippen MR) is 110 cm³/mol. The standard InChI is InChI=1S/C14H12F3N3O.C7H8O3S/c15-14(16,17)12-7-20-13(8-19-12)21-11-3-1-9(2-4-11)10-5-18-6-10;1-6-2-4-7(5-3-6)11(8,9)10/h1-4,7-8,10,18H,5-6H2;2-5H,1H3,(H,8,9,10). The molecule has 1 aromatic heterocycles. The van der Waals surface area contributed by atoms with Gasteiger partial charge in [-0.15, -0.1) is 0 Å². The molecule has 0 bridgehead atoms. The number of aryl methyl sites for hydroxylation is 1. The molecule has 1 aliphatic heterocycles. The molecule has 0 aliphatic carbocycles. The summed E-state index contributed by atoms with van der Waals surface area (Å²) in [6, 6.07) is 13.4. The lowest BCUT2D eigenvalue weighted by Crippen LogP contribution is -2.39. The third-order valence-corrected chi connectivity index (χ3v) is 5.46. The number of rotatable bonds is 4. The fourth-order valence-corrected chi connectivity index (χ4v) is 3.16. The van der Waals surface area contributed by atoms with Crippen LogP contribution < -0.4 is 10.1 Å². The number of nitrogens with zero attached hydrogens (tertiary/aromatic N) is 2. The molecule has 1 fully saturated rings. The summed E-state index contributed by atoms with van der Waals surface area (Å²) >= 11 is 0. The monoisotopic (exact) mass is 467 g/mol. The first-order valence-electron chi connectivity index (χ1n) is 9.44. The first-order valence-corrected chi connectivity index (χ1v) is 10.9. The second kappa shape index (κ2) is 9.63. The van der Waals surface area contributed by atoms with Gasteiger partial charge >= 0.3 is 6.18 Å². The first-order chi connectivity index (χ1) is 15.0. The van der Waals surface area contributed by atoms with Crippen molar-refractivity contribution in [1.82, 2.24) is 15.3 Å². The summed E-state index contributed by atoms with van der Waals surface area (Å²) < 4.78 is 72.0. The highest BCUT2D eigenvalue weighted by Crippen LogP contribution is 2.28. The van der Waals surface area contributed by atoms with E-state index in [1.165, 1.54) is 17.7 Å². The molecule has 170 valence electrons. The van der Waals surface area contributed by atoms with Gasteiger partial charge in [0.1, 0.15) is 5.75 Å². The van der Waals surface area contributed by atoms with E-state index in [0.29, 0.717) is 17.9 Å². The molecule has 0 radical (unpaired) electrons. The van der Waals surface area contributed by atoms with E-state index in [2.05, 4.69) is 15.3 Å². The van der Waals surface area contributed by atoms with Crippen LogP contribution in [0.15, 0.2) is 65.8 Å². The minimum atomic E-state index is -4.50. The highest BCUT2D eigenvalue weighted by Gasteiger charge is 2.32. The van der Waals surface area contributed by atoms with Gasteiger partial charge in [0.25, 0.3) is 10.1 Å². The quantitative estimate of drug-likeness (QED) is 0.554. The van der Waals surface area contributed by atoms with E-state index in [4.69, 9.17) is 9.29 Å². The molecule has 0 atom stereocenters. The molecule has 0 unspecified atom stereocenters. The normalized spacial score (nSPS) is 14.2. The fraction of sp³-hybridized carbons (Fsp3) is 0.238. The largest absolute Gasteiger partial charge is 0.438 e. The van der Waals surface area contributed by atoms with E-state index in [0.717, 1.165) is 24.8 Å². The number of nitrogens with one attached hydrogen (secondary N) is 1. The lowest BCUT2D eigenvalue weighted by atomic mass is 9.94.